The second-order valence-corrected chi connectivity index (χ2v) is 6.48. The summed E-state index contributed by atoms with van der Waals surface area (Å²) in [6, 6.07) is 8.91. The first-order chi connectivity index (χ1) is 8.45. The Labute approximate surface area is 111 Å². The largest absolute Gasteiger partial charge is 0.392 e. The van der Waals surface area contributed by atoms with Crippen LogP contribution in [0.25, 0.3) is 0 Å². The van der Waals surface area contributed by atoms with Crippen LogP contribution in [0, 0.1) is 0 Å². The average Bonchev–Trinajstić information content (AvgIpc) is 2.28. The predicted molar refractivity (Wildman–Crippen MR) is 75.7 cm³/mol. The number of nitrogens with zero attached hydrogens (tertiary/aromatic N) is 1. The molecule has 0 bridgehead atoms. The van der Waals surface area contributed by atoms with Crippen molar-refractivity contribution in [3.8, 4) is 0 Å². The van der Waals surface area contributed by atoms with E-state index in [1.54, 1.807) is 0 Å². The molecular weight excluding hydrogens is 222 g/mol. The molecule has 1 saturated heterocycles. The van der Waals surface area contributed by atoms with E-state index >= 15 is 0 Å². The van der Waals surface area contributed by atoms with Gasteiger partial charge in [-0.05, 0) is 35.9 Å². The van der Waals surface area contributed by atoms with Gasteiger partial charge in [0.1, 0.15) is 0 Å². The Bertz CT molecular complexity index is 377. The van der Waals surface area contributed by atoms with E-state index in [4.69, 9.17) is 0 Å². The molecule has 0 saturated carbocycles. The molecule has 1 heterocycles. The van der Waals surface area contributed by atoms with Gasteiger partial charge in [0.05, 0.1) is 6.10 Å². The van der Waals surface area contributed by atoms with Crippen molar-refractivity contribution >= 4 is 0 Å². The van der Waals surface area contributed by atoms with Crippen LogP contribution in [0.4, 0.5) is 0 Å². The Morgan fingerprint density at radius 1 is 1.22 bits per heavy atom. The van der Waals surface area contributed by atoms with Crippen LogP contribution in [0.15, 0.2) is 24.3 Å². The number of aliphatic hydroxyl groups is 1. The fourth-order valence-electron chi connectivity index (χ4n) is 2.54. The molecule has 0 aromatic heterocycles. The Morgan fingerprint density at radius 2 is 1.89 bits per heavy atom. The van der Waals surface area contributed by atoms with Crippen LogP contribution in [0.5, 0.6) is 0 Å². The average molecular weight is 247 g/mol. The quantitative estimate of drug-likeness (QED) is 0.868. The lowest BCUT2D eigenvalue weighted by atomic mass is 9.86. The highest BCUT2D eigenvalue weighted by molar-refractivity contribution is 5.27. The fraction of sp³-hybridized carbons (Fsp3) is 0.625. The van der Waals surface area contributed by atoms with Crippen molar-refractivity contribution in [3.05, 3.63) is 35.4 Å². The number of benzene rings is 1. The van der Waals surface area contributed by atoms with E-state index in [1.165, 1.54) is 11.1 Å². The van der Waals surface area contributed by atoms with E-state index in [0.29, 0.717) is 0 Å². The van der Waals surface area contributed by atoms with Crippen LogP contribution >= 0.6 is 0 Å². The molecule has 0 radical (unpaired) electrons. The fourth-order valence-corrected chi connectivity index (χ4v) is 2.54. The van der Waals surface area contributed by atoms with E-state index < -0.39 is 0 Å². The van der Waals surface area contributed by atoms with Gasteiger partial charge >= 0.3 is 0 Å². The van der Waals surface area contributed by atoms with Crippen LogP contribution in [-0.2, 0) is 12.0 Å². The molecule has 0 amide bonds. The molecule has 2 rings (SSSR count). The molecule has 1 aliphatic heterocycles. The zero-order chi connectivity index (χ0) is 13.2. The third-order valence-electron chi connectivity index (χ3n) is 3.71. The summed E-state index contributed by atoms with van der Waals surface area (Å²) in [5.74, 6) is 0. The van der Waals surface area contributed by atoms with Crippen molar-refractivity contribution in [2.24, 2.45) is 0 Å². The summed E-state index contributed by atoms with van der Waals surface area (Å²) < 4.78 is 0. The summed E-state index contributed by atoms with van der Waals surface area (Å²) in [6.07, 6.45) is 1.94. The molecule has 1 fully saturated rings. The first-order valence-electron chi connectivity index (χ1n) is 6.95. The first-order valence-corrected chi connectivity index (χ1v) is 6.95. The van der Waals surface area contributed by atoms with Gasteiger partial charge in [-0.2, -0.15) is 0 Å². The van der Waals surface area contributed by atoms with Crippen LogP contribution in [0.2, 0.25) is 0 Å². The molecule has 100 valence electrons. The van der Waals surface area contributed by atoms with Gasteiger partial charge in [0, 0.05) is 13.1 Å². The molecular formula is C16H25NO. The Balaban J connectivity index is 1.98. The highest BCUT2D eigenvalue weighted by Gasteiger charge is 2.18. The SMILES string of the molecule is CC(C)(C)c1ccc(CN2CCC[C@H](O)C2)cc1. The monoisotopic (exact) mass is 247 g/mol. The predicted octanol–water partition coefficient (Wildman–Crippen LogP) is 2.94. The molecule has 2 nitrogen and oxygen atoms in total. The maximum Gasteiger partial charge on any atom is 0.0667 e. The van der Waals surface area contributed by atoms with Crippen LogP contribution in [0.3, 0.4) is 0 Å². The van der Waals surface area contributed by atoms with Gasteiger partial charge in [-0.3, -0.25) is 4.90 Å². The third kappa shape index (κ3) is 3.56. The van der Waals surface area contributed by atoms with Crippen LogP contribution in [-0.4, -0.2) is 29.2 Å². The van der Waals surface area contributed by atoms with Gasteiger partial charge in [0.2, 0.25) is 0 Å². The zero-order valence-corrected chi connectivity index (χ0v) is 11.8. The molecule has 1 atom stereocenters. The molecule has 1 aromatic rings. The summed E-state index contributed by atoms with van der Waals surface area (Å²) in [6.45, 7) is 9.61. The summed E-state index contributed by atoms with van der Waals surface area (Å²) in [5.41, 5.74) is 2.95. The zero-order valence-electron chi connectivity index (χ0n) is 11.8. The lowest BCUT2D eigenvalue weighted by Gasteiger charge is -2.30. The van der Waals surface area contributed by atoms with Gasteiger partial charge in [-0.25, -0.2) is 0 Å². The lowest BCUT2D eigenvalue weighted by Crippen LogP contribution is -2.37. The number of aliphatic hydroxyl groups excluding tert-OH is 1. The second kappa shape index (κ2) is 5.41. The molecule has 1 N–H and O–H groups in total. The molecule has 0 aliphatic carbocycles. The van der Waals surface area contributed by atoms with Crippen molar-refractivity contribution in [1.29, 1.82) is 0 Å². The van der Waals surface area contributed by atoms with E-state index in [1.807, 2.05) is 0 Å². The molecule has 1 aromatic carbocycles. The van der Waals surface area contributed by atoms with E-state index in [2.05, 4.69) is 49.9 Å². The molecule has 1 aliphatic rings. The van der Waals surface area contributed by atoms with Crippen LogP contribution < -0.4 is 0 Å². The minimum Gasteiger partial charge on any atom is -0.392 e. The number of likely N-dealkylation sites (tertiary alicyclic amines) is 1. The number of hydrogen-bond acceptors (Lipinski definition) is 2. The van der Waals surface area contributed by atoms with E-state index in [-0.39, 0.29) is 11.5 Å². The normalized spacial score (nSPS) is 22.1. The standard InChI is InChI=1S/C16H25NO/c1-16(2,3)14-8-6-13(7-9-14)11-17-10-4-5-15(18)12-17/h6-9,15,18H,4-5,10-12H2,1-3H3/t15-/m0/s1. The van der Waals surface area contributed by atoms with Gasteiger partial charge in [-0.1, -0.05) is 45.0 Å². The number of rotatable bonds is 2. The lowest BCUT2D eigenvalue weighted by molar-refractivity contribution is 0.0668. The number of hydrogen-bond donors (Lipinski definition) is 1. The van der Waals surface area contributed by atoms with Crippen molar-refractivity contribution in [2.45, 2.75) is 51.7 Å². The van der Waals surface area contributed by atoms with Crippen molar-refractivity contribution in [2.75, 3.05) is 13.1 Å². The molecule has 18 heavy (non-hydrogen) atoms. The summed E-state index contributed by atoms with van der Waals surface area (Å²) >= 11 is 0. The van der Waals surface area contributed by atoms with Gasteiger partial charge in [0.15, 0.2) is 0 Å². The molecule has 0 unspecified atom stereocenters. The second-order valence-electron chi connectivity index (χ2n) is 6.48. The van der Waals surface area contributed by atoms with Gasteiger partial charge in [-0.15, -0.1) is 0 Å². The third-order valence-corrected chi connectivity index (χ3v) is 3.71. The molecule has 2 heteroatoms. The van der Waals surface area contributed by atoms with E-state index in [0.717, 1.165) is 32.5 Å². The van der Waals surface area contributed by atoms with Crippen LogP contribution in [0.1, 0.15) is 44.7 Å². The minimum absolute atomic E-state index is 0.132. The highest BCUT2D eigenvalue weighted by Crippen LogP contribution is 2.23. The van der Waals surface area contributed by atoms with E-state index in [9.17, 15) is 5.11 Å². The van der Waals surface area contributed by atoms with Gasteiger partial charge < -0.3 is 5.11 Å². The van der Waals surface area contributed by atoms with Gasteiger partial charge in [0.25, 0.3) is 0 Å². The van der Waals surface area contributed by atoms with Crippen molar-refractivity contribution < 1.29 is 5.11 Å². The summed E-state index contributed by atoms with van der Waals surface area (Å²) in [7, 11) is 0. The smallest absolute Gasteiger partial charge is 0.0667 e. The maximum atomic E-state index is 9.67. The van der Waals surface area contributed by atoms with Crippen molar-refractivity contribution in [1.82, 2.24) is 4.90 Å². The number of piperidine rings is 1. The Morgan fingerprint density at radius 3 is 2.44 bits per heavy atom. The Kier molecular flexibility index (Phi) is 4.08. The molecule has 0 spiro atoms. The Hall–Kier alpha value is -0.860. The summed E-state index contributed by atoms with van der Waals surface area (Å²) in [4.78, 5) is 2.35. The topological polar surface area (TPSA) is 23.5 Å². The number of β-amino-alcohol motifs (C(OH)–C–C–N with tert-alkyl or cyclic N) is 1. The van der Waals surface area contributed by atoms with Crippen molar-refractivity contribution in [3.63, 3.8) is 0 Å². The minimum atomic E-state index is -0.132. The maximum absolute atomic E-state index is 9.67. The first kappa shape index (κ1) is 13.6. The highest BCUT2D eigenvalue weighted by atomic mass is 16.3. The summed E-state index contributed by atoms with van der Waals surface area (Å²) in [5, 5.41) is 9.67.